The summed E-state index contributed by atoms with van der Waals surface area (Å²) in [4.78, 5) is 19.7. The number of benzene rings is 2. The van der Waals surface area contributed by atoms with E-state index in [4.69, 9.17) is 21.5 Å². The van der Waals surface area contributed by atoms with E-state index in [0.717, 1.165) is 18.2 Å². The second-order valence-corrected chi connectivity index (χ2v) is 8.90. The molecule has 0 unspecified atom stereocenters. The normalized spacial score (nSPS) is 12.4. The minimum atomic E-state index is -5.08. The summed E-state index contributed by atoms with van der Waals surface area (Å²) in [5.41, 5.74) is 0.649. The zero-order valence-electron chi connectivity index (χ0n) is 21.2. The van der Waals surface area contributed by atoms with E-state index in [-0.39, 0.29) is 6.54 Å². The van der Waals surface area contributed by atoms with E-state index in [1.165, 1.54) is 12.1 Å². The van der Waals surface area contributed by atoms with Crippen molar-refractivity contribution in [2.24, 2.45) is 0 Å². The van der Waals surface area contributed by atoms with Crippen molar-refractivity contribution in [1.82, 2.24) is 14.9 Å². The van der Waals surface area contributed by atoms with Crippen LogP contribution in [0.1, 0.15) is 17.2 Å². The van der Waals surface area contributed by atoms with Crippen LogP contribution in [-0.4, -0.2) is 71.0 Å². The molecule has 8 nitrogen and oxygen atoms in total. The number of aromatic nitrogens is 2. The number of nitrogens with zero attached hydrogens (tertiary/aromatic N) is 3. The molecule has 0 bridgehead atoms. The first-order valence-corrected chi connectivity index (χ1v) is 11.9. The number of rotatable bonds is 9. The Bertz CT molecular complexity index is 1260. The van der Waals surface area contributed by atoms with Crippen molar-refractivity contribution in [2.75, 3.05) is 44.4 Å². The summed E-state index contributed by atoms with van der Waals surface area (Å²) in [6.07, 6.45) is -10.4. The third kappa shape index (κ3) is 10.5. The highest BCUT2D eigenvalue weighted by Gasteiger charge is 2.38. The van der Waals surface area contributed by atoms with Gasteiger partial charge in [0, 0.05) is 31.3 Å². The number of alkyl halides is 6. The van der Waals surface area contributed by atoms with E-state index < -0.39 is 35.0 Å². The summed E-state index contributed by atoms with van der Waals surface area (Å²) in [7, 11) is 3.86. The van der Waals surface area contributed by atoms with Crippen LogP contribution in [0.3, 0.4) is 0 Å². The highest BCUT2D eigenvalue weighted by molar-refractivity contribution is 6.31. The molecule has 3 rings (SSSR count). The van der Waals surface area contributed by atoms with E-state index in [2.05, 4.69) is 20.6 Å². The minimum Gasteiger partial charge on any atom is -0.475 e. The molecule has 0 radical (unpaired) electrons. The largest absolute Gasteiger partial charge is 0.490 e. The highest BCUT2D eigenvalue weighted by Crippen LogP contribution is 2.37. The van der Waals surface area contributed by atoms with Crippen LogP contribution in [0.4, 0.5) is 38.1 Å². The lowest BCUT2D eigenvalue weighted by atomic mass is 10.1. The van der Waals surface area contributed by atoms with Gasteiger partial charge in [-0.1, -0.05) is 48.0 Å². The SMILES string of the molecule is CN(C)CCNc1nc(NC[C@H](O)c2ccccc2)cc(-c2ccc(C(F)(F)F)c(Cl)c2)n1.O=C(O)C(F)(F)F. The maximum Gasteiger partial charge on any atom is 0.490 e. The van der Waals surface area contributed by atoms with E-state index >= 15 is 0 Å². The number of anilines is 2. The first kappa shape index (κ1) is 32.6. The summed E-state index contributed by atoms with van der Waals surface area (Å²) in [5.74, 6) is -2.03. The molecule has 1 heterocycles. The van der Waals surface area contributed by atoms with Crippen molar-refractivity contribution >= 4 is 29.3 Å². The predicted molar refractivity (Wildman–Crippen MR) is 138 cm³/mol. The summed E-state index contributed by atoms with van der Waals surface area (Å²) in [6, 6.07) is 14.3. The lowest BCUT2D eigenvalue weighted by Gasteiger charge is -2.16. The third-order valence-electron chi connectivity index (χ3n) is 5.04. The van der Waals surface area contributed by atoms with Crippen LogP contribution in [-0.2, 0) is 11.0 Å². The van der Waals surface area contributed by atoms with Gasteiger partial charge in [0.15, 0.2) is 0 Å². The molecule has 3 aromatic rings. The smallest absolute Gasteiger partial charge is 0.475 e. The van der Waals surface area contributed by atoms with Crippen molar-refractivity contribution in [3.05, 3.63) is 70.7 Å². The number of aliphatic hydroxyl groups excluding tert-OH is 1. The second kappa shape index (κ2) is 14.1. The number of aliphatic hydroxyl groups is 1. The van der Waals surface area contributed by atoms with Gasteiger partial charge in [0.25, 0.3) is 0 Å². The van der Waals surface area contributed by atoms with E-state index in [0.29, 0.717) is 29.6 Å². The summed E-state index contributed by atoms with van der Waals surface area (Å²) in [6.45, 7) is 1.48. The Morgan fingerprint density at radius 2 is 1.62 bits per heavy atom. The Morgan fingerprint density at radius 1 is 1.00 bits per heavy atom. The van der Waals surface area contributed by atoms with Crippen molar-refractivity contribution in [3.8, 4) is 11.3 Å². The molecule has 2 aromatic carbocycles. The fourth-order valence-corrected chi connectivity index (χ4v) is 3.34. The zero-order chi connectivity index (χ0) is 30.1. The van der Waals surface area contributed by atoms with E-state index in [9.17, 15) is 31.4 Å². The van der Waals surface area contributed by atoms with Crippen molar-refractivity contribution in [3.63, 3.8) is 0 Å². The van der Waals surface area contributed by atoms with Crippen molar-refractivity contribution < 1.29 is 41.4 Å². The number of carbonyl (C=O) groups is 1. The topological polar surface area (TPSA) is 111 Å². The van der Waals surface area contributed by atoms with Crippen LogP contribution in [0.25, 0.3) is 11.3 Å². The first-order valence-electron chi connectivity index (χ1n) is 11.5. The van der Waals surface area contributed by atoms with E-state index in [1.807, 2.05) is 49.3 Å². The molecule has 0 fully saturated rings. The van der Waals surface area contributed by atoms with Gasteiger partial charge in [-0.3, -0.25) is 0 Å². The monoisotopic (exact) mass is 593 g/mol. The molecule has 1 atom stereocenters. The molecule has 0 aliphatic heterocycles. The Hall–Kier alpha value is -3.62. The molecular formula is C25H26ClF6N5O3. The van der Waals surface area contributed by atoms with Crippen molar-refractivity contribution in [1.29, 1.82) is 0 Å². The Kier molecular flexibility index (Phi) is 11.5. The number of hydrogen-bond acceptors (Lipinski definition) is 7. The molecule has 0 spiro atoms. The van der Waals surface area contributed by atoms with Gasteiger partial charge in [0.05, 0.1) is 22.4 Å². The maximum absolute atomic E-state index is 13.1. The predicted octanol–water partition coefficient (Wildman–Crippen LogP) is 5.57. The second-order valence-electron chi connectivity index (χ2n) is 8.49. The lowest BCUT2D eigenvalue weighted by molar-refractivity contribution is -0.192. The van der Waals surface area contributed by atoms with Gasteiger partial charge in [0.2, 0.25) is 5.95 Å². The summed E-state index contributed by atoms with van der Waals surface area (Å²) in [5, 5.41) is 23.3. The van der Waals surface area contributed by atoms with Crippen LogP contribution in [0.5, 0.6) is 0 Å². The quantitative estimate of drug-likeness (QED) is 0.239. The van der Waals surface area contributed by atoms with Gasteiger partial charge < -0.3 is 25.7 Å². The molecule has 40 heavy (non-hydrogen) atoms. The number of aliphatic carboxylic acids is 1. The lowest BCUT2D eigenvalue weighted by Crippen LogP contribution is -2.22. The van der Waals surface area contributed by atoms with Gasteiger partial charge in [-0.2, -0.15) is 31.3 Å². The molecule has 0 saturated heterocycles. The maximum atomic E-state index is 13.1. The molecule has 4 N–H and O–H groups in total. The molecule has 0 saturated carbocycles. The van der Waals surface area contributed by atoms with Crippen LogP contribution < -0.4 is 10.6 Å². The van der Waals surface area contributed by atoms with Gasteiger partial charge in [0.1, 0.15) is 5.82 Å². The van der Waals surface area contributed by atoms with Gasteiger partial charge in [-0.15, -0.1) is 0 Å². The summed E-state index contributed by atoms with van der Waals surface area (Å²) < 4.78 is 71.0. The zero-order valence-corrected chi connectivity index (χ0v) is 21.9. The fourth-order valence-electron chi connectivity index (χ4n) is 3.05. The number of halogens is 7. The van der Waals surface area contributed by atoms with Crippen LogP contribution in [0.2, 0.25) is 5.02 Å². The molecule has 218 valence electrons. The van der Waals surface area contributed by atoms with Crippen LogP contribution >= 0.6 is 11.6 Å². The van der Waals surface area contributed by atoms with Crippen molar-refractivity contribution in [2.45, 2.75) is 18.5 Å². The minimum absolute atomic E-state index is 0.186. The molecule has 0 aliphatic carbocycles. The third-order valence-corrected chi connectivity index (χ3v) is 5.35. The first-order chi connectivity index (χ1) is 18.6. The average molecular weight is 594 g/mol. The standard InChI is InChI=1S/C23H25ClF3N5O.C2HF3O2/c1-32(2)11-10-28-22-30-19(16-8-9-17(18(24)12-16)23(25,26)27)13-21(31-22)29-14-20(33)15-6-4-3-5-7-15;3-2(4,5)1(6)7/h3-9,12-13,20,33H,10-11,14H2,1-2H3,(H2,28,29,30,31);(H,6,7)/t20-;/m0./s1. The molecule has 0 amide bonds. The van der Waals surface area contributed by atoms with E-state index in [1.54, 1.807) is 6.07 Å². The van der Waals surface area contributed by atoms with Gasteiger partial charge in [-0.25, -0.2) is 9.78 Å². The van der Waals surface area contributed by atoms with Gasteiger partial charge >= 0.3 is 18.3 Å². The van der Waals surface area contributed by atoms with Gasteiger partial charge in [-0.05, 0) is 31.8 Å². The molecule has 0 aliphatic rings. The number of likely N-dealkylation sites (N-methyl/N-ethyl adjacent to an activating group) is 1. The fraction of sp³-hybridized carbons (Fsp3) is 0.320. The van der Waals surface area contributed by atoms with Crippen LogP contribution in [0, 0.1) is 0 Å². The average Bonchev–Trinajstić information content (AvgIpc) is 2.86. The highest BCUT2D eigenvalue weighted by atomic mass is 35.5. The number of carboxylic acid groups (broad SMARTS) is 1. The molecule has 1 aromatic heterocycles. The molecule has 15 heteroatoms. The van der Waals surface area contributed by atoms with Crippen LogP contribution in [0.15, 0.2) is 54.6 Å². The number of hydrogen-bond donors (Lipinski definition) is 4. The Balaban J connectivity index is 0.000000708. The number of nitrogens with one attached hydrogen (secondary N) is 2. The Morgan fingerprint density at radius 3 is 2.15 bits per heavy atom. The summed E-state index contributed by atoms with van der Waals surface area (Å²) >= 11 is 5.90. The molecular weight excluding hydrogens is 568 g/mol. The Labute approximate surface area is 230 Å². The number of carboxylic acids is 1.